The minimum Gasteiger partial charge on any atom is -0.383 e. The van der Waals surface area contributed by atoms with Gasteiger partial charge >= 0.3 is 0 Å². The van der Waals surface area contributed by atoms with Crippen LogP contribution in [0, 0.1) is 0 Å². The van der Waals surface area contributed by atoms with Gasteiger partial charge in [0.15, 0.2) is 0 Å². The average molecular weight is 284 g/mol. The second kappa shape index (κ2) is 4.84. The highest BCUT2D eigenvalue weighted by Gasteiger charge is 2.19. The van der Waals surface area contributed by atoms with E-state index in [1.165, 1.54) is 0 Å². The van der Waals surface area contributed by atoms with Gasteiger partial charge in [0.25, 0.3) is 0 Å². The molecule has 1 aliphatic rings. The number of anilines is 2. The van der Waals surface area contributed by atoms with E-state index in [0.717, 1.165) is 35.4 Å². The molecular weight excluding hydrogens is 270 g/mol. The molecular formula is C11H14BrN3O. The van der Waals surface area contributed by atoms with Gasteiger partial charge in [0, 0.05) is 17.6 Å². The highest BCUT2D eigenvalue weighted by atomic mass is 79.9. The summed E-state index contributed by atoms with van der Waals surface area (Å²) in [4.78, 5) is 13.5. The lowest BCUT2D eigenvalue weighted by Gasteiger charge is -2.21. The van der Waals surface area contributed by atoms with Gasteiger partial charge in [0.05, 0.1) is 17.9 Å². The summed E-state index contributed by atoms with van der Waals surface area (Å²) in [5.74, 6) is -0.0349. The minimum atomic E-state index is -0.0349. The normalized spacial score (nSPS) is 15.0. The molecule has 1 aliphatic heterocycles. The zero-order valence-electron chi connectivity index (χ0n) is 8.87. The third-order valence-corrected chi connectivity index (χ3v) is 3.09. The van der Waals surface area contributed by atoms with E-state index in [1.807, 2.05) is 18.2 Å². The number of halogens is 1. The van der Waals surface area contributed by atoms with Crippen LogP contribution in [0.25, 0.3) is 0 Å². The maximum atomic E-state index is 11.7. The standard InChI is InChI=1S/C11H14BrN3O/c12-8-2-3-10-9(6-8)14-4-1-5-15(10)11(16)7-13/h2-3,6,14H,1,4-5,7,13H2. The molecule has 0 atom stereocenters. The summed E-state index contributed by atoms with van der Waals surface area (Å²) >= 11 is 3.42. The van der Waals surface area contributed by atoms with Gasteiger partial charge in [-0.05, 0) is 24.6 Å². The van der Waals surface area contributed by atoms with Crippen molar-refractivity contribution in [3.63, 3.8) is 0 Å². The smallest absolute Gasteiger partial charge is 0.240 e. The van der Waals surface area contributed by atoms with E-state index in [9.17, 15) is 4.79 Å². The van der Waals surface area contributed by atoms with E-state index in [1.54, 1.807) is 4.90 Å². The summed E-state index contributed by atoms with van der Waals surface area (Å²) in [6, 6.07) is 5.85. The molecule has 0 fully saturated rings. The summed E-state index contributed by atoms with van der Waals surface area (Å²) in [7, 11) is 0. The number of nitrogens with two attached hydrogens (primary N) is 1. The zero-order chi connectivity index (χ0) is 11.5. The van der Waals surface area contributed by atoms with Crippen LogP contribution in [-0.4, -0.2) is 25.5 Å². The fourth-order valence-electron chi connectivity index (χ4n) is 1.84. The van der Waals surface area contributed by atoms with Crippen molar-refractivity contribution in [2.24, 2.45) is 5.73 Å². The van der Waals surface area contributed by atoms with Gasteiger partial charge in [-0.2, -0.15) is 0 Å². The van der Waals surface area contributed by atoms with Crippen molar-refractivity contribution < 1.29 is 4.79 Å². The van der Waals surface area contributed by atoms with Crippen LogP contribution < -0.4 is 16.0 Å². The number of hydrogen-bond donors (Lipinski definition) is 2. The van der Waals surface area contributed by atoms with E-state index in [2.05, 4.69) is 21.2 Å². The Morgan fingerprint density at radius 2 is 2.38 bits per heavy atom. The average Bonchev–Trinajstić information content (AvgIpc) is 2.49. The van der Waals surface area contributed by atoms with Crippen molar-refractivity contribution in [3.05, 3.63) is 22.7 Å². The van der Waals surface area contributed by atoms with Crippen molar-refractivity contribution in [1.82, 2.24) is 0 Å². The predicted octanol–water partition coefficient (Wildman–Crippen LogP) is 1.56. The van der Waals surface area contributed by atoms with Crippen LogP contribution in [-0.2, 0) is 4.79 Å². The molecule has 3 N–H and O–H groups in total. The molecule has 16 heavy (non-hydrogen) atoms. The molecule has 0 saturated carbocycles. The highest BCUT2D eigenvalue weighted by molar-refractivity contribution is 9.10. The van der Waals surface area contributed by atoms with E-state index in [4.69, 9.17) is 5.73 Å². The second-order valence-corrected chi connectivity index (χ2v) is 4.61. The van der Waals surface area contributed by atoms with Crippen molar-refractivity contribution in [1.29, 1.82) is 0 Å². The maximum Gasteiger partial charge on any atom is 0.240 e. The van der Waals surface area contributed by atoms with Gasteiger partial charge in [0.2, 0.25) is 5.91 Å². The van der Waals surface area contributed by atoms with Crippen LogP contribution in [0.1, 0.15) is 6.42 Å². The SMILES string of the molecule is NCC(=O)N1CCCNc2cc(Br)ccc21. The van der Waals surface area contributed by atoms with E-state index < -0.39 is 0 Å². The monoisotopic (exact) mass is 283 g/mol. The summed E-state index contributed by atoms with van der Waals surface area (Å²) in [6.07, 6.45) is 0.929. The number of hydrogen-bond acceptors (Lipinski definition) is 3. The summed E-state index contributed by atoms with van der Waals surface area (Å²) in [5.41, 5.74) is 7.31. The minimum absolute atomic E-state index is 0.0349. The molecule has 0 bridgehead atoms. The summed E-state index contributed by atoms with van der Waals surface area (Å²) in [5, 5.41) is 3.31. The maximum absolute atomic E-state index is 11.7. The Balaban J connectivity index is 2.40. The molecule has 0 saturated heterocycles. The summed E-state index contributed by atoms with van der Waals surface area (Å²) in [6.45, 7) is 1.64. The van der Waals surface area contributed by atoms with Crippen molar-refractivity contribution in [3.8, 4) is 0 Å². The first kappa shape index (κ1) is 11.4. The summed E-state index contributed by atoms with van der Waals surface area (Å²) < 4.78 is 1.00. The first-order chi connectivity index (χ1) is 7.72. The van der Waals surface area contributed by atoms with Gasteiger partial charge < -0.3 is 16.0 Å². The molecule has 1 amide bonds. The molecule has 0 spiro atoms. The Hall–Kier alpha value is -1.07. The van der Waals surface area contributed by atoms with Gasteiger partial charge in [-0.25, -0.2) is 0 Å². The highest BCUT2D eigenvalue weighted by Crippen LogP contribution is 2.31. The molecule has 0 aromatic heterocycles. The third-order valence-electron chi connectivity index (χ3n) is 2.60. The Morgan fingerprint density at radius 1 is 1.56 bits per heavy atom. The number of amides is 1. The number of nitrogens with one attached hydrogen (secondary N) is 1. The lowest BCUT2D eigenvalue weighted by molar-refractivity contribution is -0.117. The molecule has 5 heteroatoms. The van der Waals surface area contributed by atoms with Crippen LogP contribution in [0.4, 0.5) is 11.4 Å². The first-order valence-electron chi connectivity index (χ1n) is 5.26. The largest absolute Gasteiger partial charge is 0.383 e. The number of nitrogens with zero attached hydrogens (tertiary/aromatic N) is 1. The molecule has 1 aromatic carbocycles. The van der Waals surface area contributed by atoms with Crippen LogP contribution in [0.5, 0.6) is 0 Å². The van der Waals surface area contributed by atoms with Gasteiger partial charge in [-0.15, -0.1) is 0 Å². The Labute approximate surface area is 103 Å². The molecule has 2 rings (SSSR count). The second-order valence-electron chi connectivity index (χ2n) is 3.69. The number of carbonyl (C=O) groups excluding carboxylic acids is 1. The molecule has 1 aromatic rings. The topological polar surface area (TPSA) is 58.4 Å². The quantitative estimate of drug-likeness (QED) is 0.822. The molecule has 1 heterocycles. The fourth-order valence-corrected chi connectivity index (χ4v) is 2.20. The van der Waals surface area contributed by atoms with Crippen molar-refractivity contribution >= 4 is 33.2 Å². The molecule has 0 unspecified atom stereocenters. The number of carbonyl (C=O) groups is 1. The number of fused-ring (bicyclic) bond motifs is 1. The lowest BCUT2D eigenvalue weighted by atomic mass is 10.2. The van der Waals surface area contributed by atoms with Crippen molar-refractivity contribution in [2.45, 2.75) is 6.42 Å². The van der Waals surface area contributed by atoms with E-state index in [0.29, 0.717) is 0 Å². The number of rotatable bonds is 1. The van der Waals surface area contributed by atoms with Crippen LogP contribution in [0.2, 0.25) is 0 Å². The zero-order valence-corrected chi connectivity index (χ0v) is 10.5. The third kappa shape index (κ3) is 2.20. The van der Waals surface area contributed by atoms with Gasteiger partial charge in [-0.3, -0.25) is 4.79 Å². The Bertz CT molecular complexity index is 408. The van der Waals surface area contributed by atoms with Crippen LogP contribution in [0.3, 0.4) is 0 Å². The molecule has 4 nitrogen and oxygen atoms in total. The predicted molar refractivity (Wildman–Crippen MR) is 68.7 cm³/mol. The van der Waals surface area contributed by atoms with Gasteiger partial charge in [-0.1, -0.05) is 15.9 Å². The molecule has 0 radical (unpaired) electrons. The number of benzene rings is 1. The van der Waals surface area contributed by atoms with Gasteiger partial charge in [0.1, 0.15) is 0 Å². The van der Waals surface area contributed by atoms with E-state index >= 15 is 0 Å². The fraction of sp³-hybridized carbons (Fsp3) is 0.364. The molecule has 86 valence electrons. The molecule has 0 aliphatic carbocycles. The van der Waals surface area contributed by atoms with Crippen molar-refractivity contribution in [2.75, 3.05) is 29.9 Å². The van der Waals surface area contributed by atoms with E-state index in [-0.39, 0.29) is 12.5 Å². The van der Waals surface area contributed by atoms with Crippen LogP contribution in [0.15, 0.2) is 22.7 Å². The Kier molecular flexibility index (Phi) is 3.46. The first-order valence-corrected chi connectivity index (χ1v) is 6.05. The van der Waals surface area contributed by atoms with Crippen LogP contribution >= 0.6 is 15.9 Å². The Morgan fingerprint density at radius 3 is 3.12 bits per heavy atom. The lowest BCUT2D eigenvalue weighted by Crippen LogP contribution is -2.36.